The number of tetrazole rings is 1. The van der Waals surface area contributed by atoms with Gasteiger partial charge in [-0.3, -0.25) is 9.69 Å². The van der Waals surface area contributed by atoms with Gasteiger partial charge in [-0.1, -0.05) is 12.1 Å². The van der Waals surface area contributed by atoms with E-state index in [2.05, 4.69) is 20.8 Å². The van der Waals surface area contributed by atoms with Crippen molar-refractivity contribution in [1.82, 2.24) is 25.1 Å². The average molecular weight is 384 g/mol. The number of aromatic nitrogens is 4. The molecule has 1 amide bonds. The van der Waals surface area contributed by atoms with Crippen LogP contribution in [0.3, 0.4) is 0 Å². The van der Waals surface area contributed by atoms with Crippen molar-refractivity contribution in [1.29, 1.82) is 0 Å². The second kappa shape index (κ2) is 7.81. The van der Waals surface area contributed by atoms with Crippen LogP contribution in [-0.4, -0.2) is 43.6 Å². The summed E-state index contributed by atoms with van der Waals surface area (Å²) in [5, 5.41) is 14.0. The van der Waals surface area contributed by atoms with Crippen LogP contribution in [0.4, 0.5) is 14.5 Å². The molecule has 2 heterocycles. The highest BCUT2D eigenvalue weighted by molar-refractivity contribution is 5.95. The smallest absolute Gasteiger partial charge is 0.241 e. The number of rotatable bonds is 5. The molecule has 0 unspecified atom stereocenters. The minimum atomic E-state index is -0.878. The summed E-state index contributed by atoms with van der Waals surface area (Å²) in [4.78, 5) is 14.8. The molecule has 1 aliphatic heterocycles. The molecular formula is C19H18F2N6O. The Bertz CT molecular complexity index is 978. The number of carbonyl (C=O) groups excluding carboxylic acids is 1. The van der Waals surface area contributed by atoms with Crippen molar-refractivity contribution in [2.75, 3.05) is 11.9 Å². The summed E-state index contributed by atoms with van der Waals surface area (Å²) in [5.41, 5.74) is 2.00. The van der Waals surface area contributed by atoms with Gasteiger partial charge in [0.2, 0.25) is 5.91 Å². The van der Waals surface area contributed by atoms with Crippen LogP contribution in [-0.2, 0) is 11.3 Å². The fourth-order valence-corrected chi connectivity index (χ4v) is 3.42. The number of hydrogen-bond donors (Lipinski definition) is 1. The third kappa shape index (κ3) is 3.89. The molecule has 1 atom stereocenters. The Balaban J connectivity index is 1.45. The van der Waals surface area contributed by atoms with E-state index in [1.165, 1.54) is 17.1 Å². The zero-order valence-electron chi connectivity index (χ0n) is 14.9. The zero-order chi connectivity index (χ0) is 19.5. The minimum absolute atomic E-state index is 0.131. The van der Waals surface area contributed by atoms with E-state index >= 15 is 0 Å². The number of amides is 1. The molecule has 0 spiro atoms. The third-order valence-electron chi connectivity index (χ3n) is 4.76. The Morgan fingerprint density at radius 1 is 1.18 bits per heavy atom. The van der Waals surface area contributed by atoms with Crippen LogP contribution >= 0.6 is 0 Å². The first-order valence-electron chi connectivity index (χ1n) is 8.92. The van der Waals surface area contributed by atoms with Gasteiger partial charge in [0.05, 0.1) is 11.7 Å². The standard InChI is InChI=1S/C19H18F2N6O/c20-16-7-6-13(9-17(16)21)11-26-8-2-5-18(26)19(28)23-14-3-1-4-15(10-14)27-12-22-24-25-27/h1,3-4,6-7,9-10,12,18H,2,5,8,11H2,(H,23,28)/t18-/m0/s1. The van der Waals surface area contributed by atoms with Crippen molar-refractivity contribution >= 4 is 11.6 Å². The van der Waals surface area contributed by atoms with Crippen LogP contribution < -0.4 is 5.32 Å². The van der Waals surface area contributed by atoms with Crippen molar-refractivity contribution < 1.29 is 13.6 Å². The van der Waals surface area contributed by atoms with Gasteiger partial charge in [0, 0.05) is 12.2 Å². The van der Waals surface area contributed by atoms with Gasteiger partial charge in [0.15, 0.2) is 11.6 Å². The lowest BCUT2D eigenvalue weighted by atomic mass is 10.1. The van der Waals surface area contributed by atoms with Gasteiger partial charge >= 0.3 is 0 Å². The molecule has 1 saturated heterocycles. The van der Waals surface area contributed by atoms with Crippen LogP contribution in [0.5, 0.6) is 0 Å². The first-order chi connectivity index (χ1) is 13.6. The highest BCUT2D eigenvalue weighted by Gasteiger charge is 2.30. The normalized spacial score (nSPS) is 17.0. The summed E-state index contributed by atoms with van der Waals surface area (Å²) in [7, 11) is 0. The fraction of sp³-hybridized carbons (Fsp3) is 0.263. The van der Waals surface area contributed by atoms with Gasteiger partial charge in [-0.25, -0.2) is 13.5 Å². The zero-order valence-corrected chi connectivity index (χ0v) is 14.9. The van der Waals surface area contributed by atoms with E-state index in [1.807, 2.05) is 11.0 Å². The van der Waals surface area contributed by atoms with E-state index in [0.29, 0.717) is 24.2 Å². The Hall–Kier alpha value is -3.20. The molecule has 0 aliphatic carbocycles. The van der Waals surface area contributed by atoms with Crippen LogP contribution in [0.1, 0.15) is 18.4 Å². The molecule has 1 aromatic heterocycles. The number of anilines is 1. The summed E-state index contributed by atoms with van der Waals surface area (Å²) < 4.78 is 28.1. The molecule has 0 saturated carbocycles. The predicted octanol–water partition coefficient (Wildman–Crippen LogP) is 2.54. The first kappa shape index (κ1) is 18.2. The van der Waals surface area contributed by atoms with E-state index in [-0.39, 0.29) is 11.9 Å². The summed E-state index contributed by atoms with van der Waals surface area (Å²) in [5.74, 6) is -1.88. The molecule has 0 bridgehead atoms. The highest BCUT2D eigenvalue weighted by atomic mass is 19.2. The molecule has 1 N–H and O–H groups in total. The van der Waals surface area contributed by atoms with E-state index in [1.54, 1.807) is 24.3 Å². The van der Waals surface area contributed by atoms with Crippen LogP contribution in [0, 0.1) is 11.6 Å². The number of halogens is 2. The lowest BCUT2D eigenvalue weighted by Crippen LogP contribution is -2.39. The van der Waals surface area contributed by atoms with Gasteiger partial charge in [0.1, 0.15) is 6.33 Å². The van der Waals surface area contributed by atoms with Gasteiger partial charge < -0.3 is 5.32 Å². The van der Waals surface area contributed by atoms with Crippen molar-refractivity contribution in [2.45, 2.75) is 25.4 Å². The topological polar surface area (TPSA) is 75.9 Å². The molecule has 0 radical (unpaired) electrons. The molecule has 28 heavy (non-hydrogen) atoms. The first-order valence-corrected chi connectivity index (χ1v) is 8.92. The summed E-state index contributed by atoms with van der Waals surface area (Å²) >= 11 is 0. The van der Waals surface area contributed by atoms with Crippen molar-refractivity contribution in [3.63, 3.8) is 0 Å². The van der Waals surface area contributed by atoms with E-state index in [4.69, 9.17) is 0 Å². The molecule has 1 aliphatic rings. The van der Waals surface area contributed by atoms with Crippen LogP contribution in [0.2, 0.25) is 0 Å². The predicted molar refractivity (Wildman–Crippen MR) is 97.6 cm³/mol. The molecular weight excluding hydrogens is 366 g/mol. The third-order valence-corrected chi connectivity index (χ3v) is 4.76. The maximum absolute atomic E-state index is 13.5. The number of carbonyl (C=O) groups is 1. The van der Waals surface area contributed by atoms with Crippen molar-refractivity contribution in [2.24, 2.45) is 0 Å². The summed E-state index contributed by atoms with van der Waals surface area (Å²) in [6.07, 6.45) is 3.05. The second-order valence-corrected chi connectivity index (χ2v) is 6.67. The number of nitrogens with zero attached hydrogens (tertiary/aromatic N) is 5. The van der Waals surface area contributed by atoms with Gasteiger partial charge in [-0.15, -0.1) is 5.10 Å². The number of nitrogens with one attached hydrogen (secondary N) is 1. The second-order valence-electron chi connectivity index (χ2n) is 6.67. The average Bonchev–Trinajstić information content (AvgIpc) is 3.37. The SMILES string of the molecule is O=C(Nc1cccc(-n2cnnn2)c1)[C@@H]1CCCN1Cc1ccc(F)c(F)c1. The van der Waals surface area contributed by atoms with Crippen LogP contribution in [0.15, 0.2) is 48.8 Å². The number of benzene rings is 2. The Labute approximate surface area is 160 Å². The minimum Gasteiger partial charge on any atom is -0.325 e. The van der Waals surface area contributed by atoms with Crippen molar-refractivity contribution in [3.8, 4) is 5.69 Å². The van der Waals surface area contributed by atoms with E-state index < -0.39 is 11.6 Å². The molecule has 7 nitrogen and oxygen atoms in total. The molecule has 9 heteroatoms. The quantitative estimate of drug-likeness (QED) is 0.732. The number of likely N-dealkylation sites (tertiary alicyclic amines) is 1. The molecule has 144 valence electrons. The van der Waals surface area contributed by atoms with E-state index in [9.17, 15) is 13.6 Å². The largest absolute Gasteiger partial charge is 0.325 e. The monoisotopic (exact) mass is 384 g/mol. The Kier molecular flexibility index (Phi) is 5.07. The summed E-state index contributed by atoms with van der Waals surface area (Å²) in [6, 6.07) is 10.7. The Morgan fingerprint density at radius 3 is 2.86 bits per heavy atom. The maximum atomic E-state index is 13.5. The maximum Gasteiger partial charge on any atom is 0.241 e. The van der Waals surface area contributed by atoms with Crippen molar-refractivity contribution in [3.05, 3.63) is 66.0 Å². The Morgan fingerprint density at radius 2 is 2.07 bits per heavy atom. The lowest BCUT2D eigenvalue weighted by Gasteiger charge is -2.24. The highest BCUT2D eigenvalue weighted by Crippen LogP contribution is 2.23. The molecule has 3 aromatic rings. The van der Waals surface area contributed by atoms with Gasteiger partial charge in [0.25, 0.3) is 0 Å². The number of hydrogen-bond acceptors (Lipinski definition) is 5. The fourth-order valence-electron chi connectivity index (χ4n) is 3.42. The van der Waals surface area contributed by atoms with Gasteiger partial charge in [-0.05, 0) is 65.7 Å². The lowest BCUT2D eigenvalue weighted by molar-refractivity contribution is -0.120. The van der Waals surface area contributed by atoms with E-state index in [0.717, 1.165) is 24.7 Å². The molecule has 2 aromatic carbocycles. The van der Waals surface area contributed by atoms with Gasteiger partial charge in [-0.2, -0.15) is 0 Å². The molecule has 1 fully saturated rings. The molecule has 4 rings (SSSR count). The summed E-state index contributed by atoms with van der Waals surface area (Å²) in [6.45, 7) is 1.11. The van der Waals surface area contributed by atoms with Crippen LogP contribution in [0.25, 0.3) is 5.69 Å².